The number of piperidine rings is 1. The Balaban J connectivity index is 1.89. The minimum absolute atomic E-state index is 0.281. The predicted molar refractivity (Wildman–Crippen MR) is 82.0 cm³/mol. The first-order valence-corrected chi connectivity index (χ1v) is 7.88. The fourth-order valence-corrected chi connectivity index (χ4v) is 3.09. The Hall–Kier alpha value is -1.13. The van der Waals surface area contributed by atoms with E-state index in [1.54, 1.807) is 12.1 Å². The summed E-state index contributed by atoms with van der Waals surface area (Å²) >= 11 is 0. The van der Waals surface area contributed by atoms with Crippen LogP contribution in [0.3, 0.4) is 0 Å². The van der Waals surface area contributed by atoms with E-state index < -0.39 is 11.9 Å². The number of halogens is 1. The van der Waals surface area contributed by atoms with Crippen LogP contribution in [0.15, 0.2) is 18.2 Å². The predicted octanol–water partition coefficient (Wildman–Crippen LogP) is 3.38. The number of methoxy groups -OCH3 is 1. The van der Waals surface area contributed by atoms with Crippen molar-refractivity contribution in [1.82, 2.24) is 4.90 Å². The first-order valence-electron chi connectivity index (χ1n) is 7.88. The fraction of sp³-hybridized carbons (Fsp3) is 0.647. The van der Waals surface area contributed by atoms with Gasteiger partial charge in [0.05, 0.1) is 18.8 Å². The molecule has 0 spiro atoms. The van der Waals surface area contributed by atoms with Gasteiger partial charge in [0.15, 0.2) is 0 Å². The zero-order valence-corrected chi connectivity index (χ0v) is 13.0. The molecule has 3 nitrogen and oxygen atoms in total. The summed E-state index contributed by atoms with van der Waals surface area (Å²) in [6, 6.07) is 4.65. The molecule has 1 aliphatic heterocycles. The van der Waals surface area contributed by atoms with Crippen LogP contribution in [0.1, 0.15) is 44.3 Å². The molecular weight excluding hydrogens is 269 g/mol. The van der Waals surface area contributed by atoms with Crippen LogP contribution in [0.2, 0.25) is 0 Å². The van der Waals surface area contributed by atoms with Crippen LogP contribution >= 0.6 is 0 Å². The number of hydrogen-bond donors (Lipinski definition) is 1. The molecule has 0 bridgehead atoms. The lowest BCUT2D eigenvalue weighted by Gasteiger charge is -2.32. The van der Waals surface area contributed by atoms with Gasteiger partial charge in [0.2, 0.25) is 0 Å². The molecular formula is C17H26FNO2. The van der Waals surface area contributed by atoms with Crippen molar-refractivity contribution in [2.24, 2.45) is 5.92 Å². The van der Waals surface area contributed by atoms with E-state index in [4.69, 9.17) is 4.74 Å². The smallest absolute Gasteiger partial charge is 0.132 e. The van der Waals surface area contributed by atoms with Crippen LogP contribution in [0, 0.1) is 11.7 Å². The largest absolute Gasteiger partial charge is 0.496 e. The topological polar surface area (TPSA) is 32.7 Å². The molecule has 0 amide bonds. The van der Waals surface area contributed by atoms with Gasteiger partial charge in [0.25, 0.3) is 0 Å². The number of aliphatic hydroxyl groups excluding tert-OH is 1. The zero-order chi connectivity index (χ0) is 15.2. The summed E-state index contributed by atoms with van der Waals surface area (Å²) in [6.07, 6.45) is 3.44. The Morgan fingerprint density at radius 3 is 2.71 bits per heavy atom. The van der Waals surface area contributed by atoms with Crippen molar-refractivity contribution in [3.05, 3.63) is 29.6 Å². The number of hydrogen-bond acceptors (Lipinski definition) is 3. The van der Waals surface area contributed by atoms with E-state index >= 15 is 0 Å². The minimum atomic E-state index is -0.815. The van der Waals surface area contributed by atoms with Gasteiger partial charge < -0.3 is 14.7 Å². The first-order chi connectivity index (χ1) is 10.2. The van der Waals surface area contributed by atoms with E-state index in [-0.39, 0.29) is 5.56 Å². The summed E-state index contributed by atoms with van der Waals surface area (Å²) < 4.78 is 19.1. The Kier molecular flexibility index (Phi) is 6.00. The van der Waals surface area contributed by atoms with E-state index in [0.29, 0.717) is 12.2 Å². The number of likely N-dealkylation sites (tertiary alicyclic amines) is 1. The number of ether oxygens (including phenoxy) is 1. The van der Waals surface area contributed by atoms with Crippen molar-refractivity contribution in [2.75, 3.05) is 26.7 Å². The lowest BCUT2D eigenvalue weighted by atomic mass is 9.94. The average Bonchev–Trinajstić information content (AvgIpc) is 2.52. The van der Waals surface area contributed by atoms with Crippen LogP contribution in [0.4, 0.5) is 4.39 Å². The van der Waals surface area contributed by atoms with Crippen LogP contribution in [-0.4, -0.2) is 36.8 Å². The van der Waals surface area contributed by atoms with Crippen LogP contribution in [0.5, 0.6) is 5.75 Å². The molecule has 0 aliphatic carbocycles. The van der Waals surface area contributed by atoms with E-state index in [0.717, 1.165) is 25.6 Å². The second-order valence-electron chi connectivity index (χ2n) is 5.85. The molecule has 118 valence electrons. The lowest BCUT2D eigenvalue weighted by Crippen LogP contribution is -2.34. The fourth-order valence-electron chi connectivity index (χ4n) is 3.09. The van der Waals surface area contributed by atoms with Gasteiger partial charge in [-0.05, 0) is 50.4 Å². The highest BCUT2D eigenvalue weighted by Crippen LogP contribution is 2.30. The highest BCUT2D eigenvalue weighted by atomic mass is 19.1. The van der Waals surface area contributed by atoms with Gasteiger partial charge in [-0.3, -0.25) is 0 Å². The zero-order valence-electron chi connectivity index (χ0n) is 13.0. The Morgan fingerprint density at radius 2 is 2.10 bits per heavy atom. The molecule has 1 heterocycles. The first kappa shape index (κ1) is 16.2. The van der Waals surface area contributed by atoms with Gasteiger partial charge in [0, 0.05) is 6.54 Å². The normalized spacial score (nSPS) is 18.7. The number of rotatable bonds is 6. The number of benzene rings is 1. The molecule has 4 heteroatoms. The van der Waals surface area contributed by atoms with Crippen molar-refractivity contribution < 1.29 is 14.2 Å². The number of nitrogens with zero attached hydrogens (tertiary/aromatic N) is 1. The summed E-state index contributed by atoms with van der Waals surface area (Å²) in [4.78, 5) is 2.36. The summed E-state index contributed by atoms with van der Waals surface area (Å²) in [6.45, 7) is 5.21. The van der Waals surface area contributed by atoms with Crippen molar-refractivity contribution in [3.8, 4) is 5.75 Å². The number of aliphatic hydroxyl groups is 1. The van der Waals surface area contributed by atoms with Gasteiger partial charge in [-0.15, -0.1) is 0 Å². The van der Waals surface area contributed by atoms with Crippen molar-refractivity contribution >= 4 is 0 Å². The molecule has 21 heavy (non-hydrogen) atoms. The third kappa shape index (κ3) is 4.17. The molecule has 1 unspecified atom stereocenters. The van der Waals surface area contributed by atoms with E-state index in [2.05, 4.69) is 11.8 Å². The molecule has 1 saturated heterocycles. The molecule has 0 radical (unpaired) electrons. The molecule has 1 aromatic rings. The molecule has 1 N–H and O–H groups in total. The van der Waals surface area contributed by atoms with Crippen molar-refractivity contribution in [1.29, 1.82) is 0 Å². The quantitative estimate of drug-likeness (QED) is 0.873. The van der Waals surface area contributed by atoms with Gasteiger partial charge in [-0.1, -0.05) is 19.4 Å². The SMILES string of the molecule is CCC1CCN(CCC(O)c2c(F)cccc2OC)CC1. The maximum atomic E-state index is 13.9. The van der Waals surface area contributed by atoms with Crippen LogP contribution < -0.4 is 4.74 Å². The third-order valence-electron chi connectivity index (χ3n) is 4.57. The summed E-state index contributed by atoms with van der Waals surface area (Å²) in [5.41, 5.74) is 0.281. The van der Waals surface area contributed by atoms with E-state index in [9.17, 15) is 9.50 Å². The standard InChI is InChI=1S/C17H26FNO2/c1-3-13-7-10-19(11-8-13)12-9-15(20)17-14(18)5-4-6-16(17)21-2/h4-6,13,15,20H,3,7-12H2,1-2H3. The molecule has 2 rings (SSSR count). The maximum Gasteiger partial charge on any atom is 0.132 e. The Morgan fingerprint density at radius 1 is 1.38 bits per heavy atom. The monoisotopic (exact) mass is 295 g/mol. The molecule has 1 fully saturated rings. The summed E-state index contributed by atoms with van der Waals surface area (Å²) in [5, 5.41) is 10.3. The Bertz CT molecular complexity index is 444. The summed E-state index contributed by atoms with van der Waals surface area (Å²) in [5.74, 6) is 0.872. The molecule has 0 saturated carbocycles. The molecule has 1 aromatic carbocycles. The highest BCUT2D eigenvalue weighted by molar-refractivity contribution is 5.36. The molecule has 1 aliphatic rings. The second kappa shape index (κ2) is 7.76. The summed E-state index contributed by atoms with van der Waals surface area (Å²) in [7, 11) is 1.50. The minimum Gasteiger partial charge on any atom is -0.496 e. The molecule has 1 atom stereocenters. The highest BCUT2D eigenvalue weighted by Gasteiger charge is 2.21. The average molecular weight is 295 g/mol. The van der Waals surface area contributed by atoms with E-state index in [1.165, 1.54) is 32.4 Å². The maximum absolute atomic E-state index is 13.9. The lowest BCUT2D eigenvalue weighted by molar-refractivity contribution is 0.118. The molecule has 0 aromatic heterocycles. The van der Waals surface area contributed by atoms with Crippen molar-refractivity contribution in [3.63, 3.8) is 0 Å². The van der Waals surface area contributed by atoms with Gasteiger partial charge in [-0.2, -0.15) is 0 Å². The van der Waals surface area contributed by atoms with Gasteiger partial charge >= 0.3 is 0 Å². The van der Waals surface area contributed by atoms with E-state index in [1.807, 2.05) is 0 Å². The Labute approximate surface area is 126 Å². The van der Waals surface area contributed by atoms with Crippen LogP contribution in [-0.2, 0) is 0 Å². The van der Waals surface area contributed by atoms with Crippen molar-refractivity contribution in [2.45, 2.75) is 38.7 Å². The van der Waals surface area contributed by atoms with Gasteiger partial charge in [0.1, 0.15) is 11.6 Å². The second-order valence-corrected chi connectivity index (χ2v) is 5.85. The van der Waals surface area contributed by atoms with Crippen LogP contribution in [0.25, 0.3) is 0 Å². The third-order valence-corrected chi connectivity index (χ3v) is 4.57. The van der Waals surface area contributed by atoms with Gasteiger partial charge in [-0.25, -0.2) is 4.39 Å².